The van der Waals surface area contributed by atoms with E-state index in [0.717, 1.165) is 5.56 Å². The zero-order valence-electron chi connectivity index (χ0n) is 9.79. The van der Waals surface area contributed by atoms with E-state index in [1.54, 1.807) is 12.1 Å². The van der Waals surface area contributed by atoms with Crippen LogP contribution in [0.1, 0.15) is 0 Å². The second-order valence-electron chi connectivity index (χ2n) is 3.80. The van der Waals surface area contributed by atoms with E-state index in [9.17, 15) is 4.39 Å². The molecule has 0 amide bonds. The van der Waals surface area contributed by atoms with Gasteiger partial charge in [-0.05, 0) is 0 Å². The van der Waals surface area contributed by atoms with Crippen molar-refractivity contribution in [3.63, 3.8) is 0 Å². The van der Waals surface area contributed by atoms with E-state index in [1.807, 2.05) is 30.3 Å². The van der Waals surface area contributed by atoms with Crippen molar-refractivity contribution >= 4 is 24.2 Å². The van der Waals surface area contributed by atoms with E-state index in [1.165, 1.54) is 16.6 Å². The summed E-state index contributed by atoms with van der Waals surface area (Å²) in [6, 6.07) is 16.0. The first kappa shape index (κ1) is 12.1. The van der Waals surface area contributed by atoms with Gasteiger partial charge in [0.05, 0.1) is 0 Å². The van der Waals surface area contributed by atoms with Gasteiger partial charge in [-0.15, -0.1) is 0 Å². The van der Waals surface area contributed by atoms with Gasteiger partial charge >= 0.3 is 115 Å². The second-order valence-corrected chi connectivity index (χ2v) is 5.95. The van der Waals surface area contributed by atoms with Gasteiger partial charge in [-0.2, -0.15) is 0 Å². The molecular weight excluding hydrogens is 310 g/mol. The Balaban J connectivity index is 1.82. The van der Waals surface area contributed by atoms with Crippen molar-refractivity contribution in [3.05, 3.63) is 60.4 Å². The molecule has 0 aliphatic carbocycles. The van der Waals surface area contributed by atoms with Crippen LogP contribution in [0.2, 0.25) is 0 Å². The monoisotopic (exact) mass is 320 g/mol. The predicted molar refractivity (Wildman–Crippen MR) is 71.2 cm³/mol. The standard InChI is InChI=1S/C14H9FN2OSe/c15-11-8-6-10(7-9-11)13-16-17-14(18-13)19-12-4-2-1-3-5-12/h1-9H. The van der Waals surface area contributed by atoms with Crippen molar-refractivity contribution in [3.8, 4) is 11.5 Å². The Morgan fingerprint density at radius 1 is 0.895 bits per heavy atom. The topological polar surface area (TPSA) is 38.9 Å². The number of rotatable bonds is 3. The van der Waals surface area contributed by atoms with Gasteiger partial charge in [-0.3, -0.25) is 0 Å². The van der Waals surface area contributed by atoms with E-state index < -0.39 is 0 Å². The quantitative estimate of drug-likeness (QED) is 0.687. The van der Waals surface area contributed by atoms with Gasteiger partial charge in [0, 0.05) is 0 Å². The summed E-state index contributed by atoms with van der Waals surface area (Å²) < 4.78 is 19.6. The molecule has 0 aliphatic rings. The van der Waals surface area contributed by atoms with Gasteiger partial charge < -0.3 is 0 Å². The molecular formula is C14H9FN2OSe. The second kappa shape index (κ2) is 5.34. The molecule has 2 aromatic carbocycles. The fourth-order valence-corrected chi connectivity index (χ4v) is 3.01. The first-order valence-corrected chi connectivity index (χ1v) is 7.35. The Morgan fingerprint density at radius 2 is 1.63 bits per heavy atom. The molecule has 19 heavy (non-hydrogen) atoms. The summed E-state index contributed by atoms with van der Waals surface area (Å²) in [6.45, 7) is 0. The number of halogens is 1. The Bertz CT molecular complexity index is 667. The molecule has 0 atom stereocenters. The molecule has 3 rings (SSSR count). The maximum absolute atomic E-state index is 12.8. The number of benzene rings is 2. The van der Waals surface area contributed by atoms with E-state index in [-0.39, 0.29) is 20.8 Å². The van der Waals surface area contributed by atoms with Crippen LogP contribution >= 0.6 is 0 Å². The third-order valence-corrected chi connectivity index (χ3v) is 4.22. The molecule has 0 spiro atoms. The van der Waals surface area contributed by atoms with Crippen LogP contribution in [0, 0.1) is 5.82 Å². The molecule has 0 bridgehead atoms. The SMILES string of the molecule is Fc1ccc(-c2nnc([Se]c3ccccc3)o2)cc1. The number of nitrogens with zero attached hydrogens (tertiary/aromatic N) is 2. The van der Waals surface area contributed by atoms with Crippen LogP contribution in [0.3, 0.4) is 0 Å². The number of aromatic nitrogens is 2. The zero-order valence-corrected chi connectivity index (χ0v) is 11.5. The Hall–Kier alpha value is -1.97. The van der Waals surface area contributed by atoms with Crippen molar-refractivity contribution < 1.29 is 8.81 Å². The summed E-state index contributed by atoms with van der Waals surface area (Å²) in [7, 11) is 0. The molecule has 5 heteroatoms. The Kier molecular flexibility index (Phi) is 3.40. The summed E-state index contributed by atoms with van der Waals surface area (Å²) in [5.41, 5.74) is 0.726. The molecule has 94 valence electrons. The summed E-state index contributed by atoms with van der Waals surface area (Å²) in [5, 5.41) is 8.02. The Morgan fingerprint density at radius 3 is 2.37 bits per heavy atom. The molecule has 0 saturated carbocycles. The van der Waals surface area contributed by atoms with Gasteiger partial charge in [0.25, 0.3) is 0 Å². The number of hydrogen-bond acceptors (Lipinski definition) is 3. The van der Waals surface area contributed by atoms with Crippen LogP contribution in [0.25, 0.3) is 11.5 Å². The average Bonchev–Trinajstić information content (AvgIpc) is 2.89. The van der Waals surface area contributed by atoms with Gasteiger partial charge in [0.1, 0.15) is 0 Å². The first-order chi connectivity index (χ1) is 9.31. The maximum atomic E-state index is 12.8. The van der Waals surface area contributed by atoms with Crippen LogP contribution in [0.5, 0.6) is 0 Å². The van der Waals surface area contributed by atoms with Crippen LogP contribution < -0.4 is 9.25 Å². The molecule has 0 saturated heterocycles. The van der Waals surface area contributed by atoms with Crippen molar-refractivity contribution in [1.82, 2.24) is 10.2 Å². The third-order valence-electron chi connectivity index (χ3n) is 2.45. The van der Waals surface area contributed by atoms with Crippen molar-refractivity contribution in [1.29, 1.82) is 0 Å². The molecule has 0 fully saturated rings. The third kappa shape index (κ3) is 2.89. The van der Waals surface area contributed by atoms with Crippen LogP contribution in [0.15, 0.2) is 59.0 Å². The van der Waals surface area contributed by atoms with E-state index in [2.05, 4.69) is 10.2 Å². The molecule has 0 aliphatic heterocycles. The molecule has 0 N–H and O–H groups in total. The first-order valence-electron chi connectivity index (χ1n) is 5.63. The molecule has 0 unspecified atom stereocenters. The summed E-state index contributed by atoms with van der Waals surface area (Å²) >= 11 is -0.00740. The van der Waals surface area contributed by atoms with Crippen molar-refractivity contribution in [2.75, 3.05) is 0 Å². The average molecular weight is 319 g/mol. The minimum absolute atomic E-state index is 0.00740. The van der Waals surface area contributed by atoms with E-state index in [0.29, 0.717) is 10.7 Å². The predicted octanol–water partition coefficient (Wildman–Crippen LogP) is 1.53. The van der Waals surface area contributed by atoms with E-state index in [4.69, 9.17) is 4.42 Å². The summed E-state index contributed by atoms with van der Waals surface area (Å²) in [5.74, 6) is 0.143. The summed E-state index contributed by atoms with van der Waals surface area (Å²) in [6.07, 6.45) is 0. The molecule has 1 aromatic heterocycles. The van der Waals surface area contributed by atoms with E-state index >= 15 is 0 Å². The fourth-order valence-electron chi connectivity index (χ4n) is 1.55. The van der Waals surface area contributed by atoms with Gasteiger partial charge in [0.2, 0.25) is 0 Å². The van der Waals surface area contributed by atoms with Crippen LogP contribution in [-0.4, -0.2) is 25.2 Å². The van der Waals surface area contributed by atoms with Crippen molar-refractivity contribution in [2.45, 2.75) is 0 Å². The summed E-state index contributed by atoms with van der Waals surface area (Å²) in [4.78, 5) is 0.609. The molecule has 3 aromatic rings. The van der Waals surface area contributed by atoms with Gasteiger partial charge in [-0.25, -0.2) is 0 Å². The fraction of sp³-hybridized carbons (Fsp3) is 0. The number of hydrogen-bond donors (Lipinski definition) is 0. The van der Waals surface area contributed by atoms with Crippen LogP contribution in [-0.2, 0) is 0 Å². The Labute approximate surface area is 115 Å². The molecule has 3 nitrogen and oxygen atoms in total. The normalized spacial score (nSPS) is 10.6. The molecule has 0 radical (unpaired) electrons. The van der Waals surface area contributed by atoms with Crippen molar-refractivity contribution in [2.24, 2.45) is 0 Å². The molecule has 1 heterocycles. The van der Waals surface area contributed by atoms with Crippen LogP contribution in [0.4, 0.5) is 4.39 Å². The minimum atomic E-state index is -0.281. The zero-order chi connectivity index (χ0) is 13.1. The van der Waals surface area contributed by atoms with Gasteiger partial charge in [0.15, 0.2) is 0 Å². The van der Waals surface area contributed by atoms with Gasteiger partial charge in [-0.1, -0.05) is 0 Å².